The molecule has 1 aliphatic rings. The van der Waals surface area contributed by atoms with Gasteiger partial charge >= 0.3 is 0 Å². The number of aromatic nitrogens is 3. The number of hydrogen-bond acceptors (Lipinski definition) is 5. The van der Waals surface area contributed by atoms with Crippen molar-refractivity contribution in [3.63, 3.8) is 0 Å². The second-order valence-corrected chi connectivity index (χ2v) is 4.67. The van der Waals surface area contributed by atoms with Crippen LogP contribution in [0.2, 0.25) is 0 Å². The minimum Gasteiger partial charge on any atom is -0.337 e. The quantitative estimate of drug-likeness (QED) is 0.900. The van der Waals surface area contributed by atoms with E-state index in [9.17, 15) is 4.39 Å². The zero-order valence-corrected chi connectivity index (χ0v) is 10.5. The minimum absolute atomic E-state index is 0.115. The van der Waals surface area contributed by atoms with Crippen molar-refractivity contribution in [2.45, 2.75) is 31.7 Å². The lowest BCUT2D eigenvalue weighted by Gasteiger charge is -2.09. The fourth-order valence-corrected chi connectivity index (χ4v) is 2.23. The lowest BCUT2D eigenvalue weighted by atomic mass is 10.1. The molecule has 0 amide bonds. The van der Waals surface area contributed by atoms with Gasteiger partial charge in [0.25, 0.3) is 0 Å². The van der Waals surface area contributed by atoms with Gasteiger partial charge in [-0.15, -0.1) is 0 Å². The van der Waals surface area contributed by atoms with Crippen LogP contribution in [-0.2, 0) is 0 Å². The van der Waals surface area contributed by atoms with Crippen LogP contribution < -0.4 is 5.32 Å². The summed E-state index contributed by atoms with van der Waals surface area (Å²) < 4.78 is 18.1. The number of nitrogens with one attached hydrogen (secondary N) is 1. The molecule has 6 heteroatoms. The summed E-state index contributed by atoms with van der Waals surface area (Å²) in [5.74, 6) is 0.613. The molecule has 0 saturated carbocycles. The largest absolute Gasteiger partial charge is 0.337 e. The van der Waals surface area contributed by atoms with E-state index in [1.54, 1.807) is 6.07 Å². The Labute approximate surface area is 110 Å². The fraction of sp³-hybridized carbons (Fsp3) is 0.462. The fourth-order valence-electron chi connectivity index (χ4n) is 2.23. The first-order valence-electron chi connectivity index (χ1n) is 6.52. The van der Waals surface area contributed by atoms with Crippen LogP contribution in [0.4, 0.5) is 4.39 Å². The molecule has 3 rings (SSSR count). The molecule has 2 aromatic rings. The summed E-state index contributed by atoms with van der Waals surface area (Å²) in [6.07, 6.45) is 5.71. The summed E-state index contributed by atoms with van der Waals surface area (Å²) in [5, 5.41) is 7.31. The smallest absolute Gasteiger partial charge is 0.244 e. The third-order valence-electron chi connectivity index (χ3n) is 3.26. The van der Waals surface area contributed by atoms with E-state index in [0.29, 0.717) is 17.4 Å². The highest BCUT2D eigenvalue weighted by Crippen LogP contribution is 2.23. The third-order valence-corrected chi connectivity index (χ3v) is 3.26. The first-order chi connectivity index (χ1) is 9.33. The van der Waals surface area contributed by atoms with E-state index in [1.165, 1.54) is 18.9 Å². The van der Waals surface area contributed by atoms with E-state index in [-0.39, 0.29) is 11.9 Å². The Kier molecular flexibility index (Phi) is 3.50. The van der Waals surface area contributed by atoms with Crippen LogP contribution >= 0.6 is 0 Å². The van der Waals surface area contributed by atoms with E-state index >= 15 is 0 Å². The molecule has 3 heterocycles. The maximum Gasteiger partial charge on any atom is 0.244 e. The Balaban J connectivity index is 1.80. The van der Waals surface area contributed by atoms with Crippen molar-refractivity contribution in [1.29, 1.82) is 0 Å². The van der Waals surface area contributed by atoms with Crippen LogP contribution in [0.3, 0.4) is 0 Å². The Morgan fingerprint density at radius 2 is 2.21 bits per heavy atom. The molecule has 0 bridgehead atoms. The first kappa shape index (κ1) is 12.2. The lowest BCUT2D eigenvalue weighted by Crippen LogP contribution is -2.20. The highest BCUT2D eigenvalue weighted by atomic mass is 19.1. The average Bonchev–Trinajstić information content (AvgIpc) is 2.76. The molecule has 1 N–H and O–H groups in total. The molecule has 19 heavy (non-hydrogen) atoms. The predicted octanol–water partition coefficient (Wildman–Crippen LogP) is 2.48. The Hall–Kier alpha value is -1.82. The number of nitrogens with zero attached hydrogens (tertiary/aromatic N) is 3. The molecule has 1 fully saturated rings. The highest BCUT2D eigenvalue weighted by molar-refractivity contribution is 5.47. The molecule has 100 valence electrons. The molecule has 1 aliphatic heterocycles. The van der Waals surface area contributed by atoms with E-state index in [2.05, 4.69) is 20.4 Å². The Bertz CT molecular complexity index is 532. The van der Waals surface area contributed by atoms with Gasteiger partial charge in [0.15, 0.2) is 0 Å². The third kappa shape index (κ3) is 2.78. The van der Waals surface area contributed by atoms with Crippen LogP contribution in [0.1, 0.15) is 37.6 Å². The van der Waals surface area contributed by atoms with Crippen molar-refractivity contribution in [3.8, 4) is 11.5 Å². The monoisotopic (exact) mass is 262 g/mol. The molecule has 1 unspecified atom stereocenters. The Morgan fingerprint density at radius 1 is 1.26 bits per heavy atom. The topological polar surface area (TPSA) is 63.8 Å². The van der Waals surface area contributed by atoms with E-state index in [0.717, 1.165) is 25.6 Å². The van der Waals surface area contributed by atoms with Crippen molar-refractivity contribution in [2.24, 2.45) is 0 Å². The van der Waals surface area contributed by atoms with Gasteiger partial charge in [-0.2, -0.15) is 4.98 Å². The van der Waals surface area contributed by atoms with Gasteiger partial charge < -0.3 is 9.84 Å². The van der Waals surface area contributed by atoms with Gasteiger partial charge in [-0.25, -0.2) is 9.37 Å². The zero-order chi connectivity index (χ0) is 13.1. The summed E-state index contributed by atoms with van der Waals surface area (Å²) in [7, 11) is 0. The minimum atomic E-state index is -0.377. The highest BCUT2D eigenvalue weighted by Gasteiger charge is 2.20. The van der Waals surface area contributed by atoms with Gasteiger partial charge in [-0.05, 0) is 31.5 Å². The van der Waals surface area contributed by atoms with Crippen molar-refractivity contribution in [2.75, 3.05) is 6.54 Å². The van der Waals surface area contributed by atoms with Gasteiger partial charge in [0.1, 0.15) is 11.5 Å². The van der Waals surface area contributed by atoms with Crippen LogP contribution in [-0.4, -0.2) is 21.7 Å². The molecule has 0 aromatic carbocycles. The number of pyridine rings is 1. The molecule has 2 aromatic heterocycles. The predicted molar refractivity (Wildman–Crippen MR) is 66.7 cm³/mol. The number of halogens is 1. The Morgan fingerprint density at radius 3 is 3.05 bits per heavy atom. The maximum atomic E-state index is 12.8. The normalized spacial score (nSPS) is 20.2. The lowest BCUT2D eigenvalue weighted by molar-refractivity contribution is 0.327. The molecule has 0 radical (unpaired) electrons. The van der Waals surface area contributed by atoms with Crippen molar-refractivity contribution < 1.29 is 8.91 Å². The van der Waals surface area contributed by atoms with Crippen molar-refractivity contribution in [1.82, 2.24) is 20.4 Å². The second kappa shape index (κ2) is 5.44. The van der Waals surface area contributed by atoms with Gasteiger partial charge in [0.2, 0.25) is 11.7 Å². The summed E-state index contributed by atoms with van der Waals surface area (Å²) in [5.41, 5.74) is 0.519. The van der Waals surface area contributed by atoms with Gasteiger partial charge in [0, 0.05) is 0 Å². The van der Waals surface area contributed by atoms with E-state index < -0.39 is 0 Å². The molecule has 0 spiro atoms. The molecule has 1 atom stereocenters. The summed E-state index contributed by atoms with van der Waals surface area (Å²) in [4.78, 5) is 8.30. The molecule has 1 saturated heterocycles. The van der Waals surface area contributed by atoms with Gasteiger partial charge in [0.05, 0.1) is 12.2 Å². The van der Waals surface area contributed by atoms with Crippen LogP contribution in [0, 0.1) is 5.82 Å². The number of hydrogen-bond donors (Lipinski definition) is 1. The van der Waals surface area contributed by atoms with Crippen LogP contribution in [0.15, 0.2) is 22.9 Å². The average molecular weight is 262 g/mol. The molecule has 0 aliphatic carbocycles. The maximum absolute atomic E-state index is 12.8. The van der Waals surface area contributed by atoms with Crippen molar-refractivity contribution >= 4 is 0 Å². The molecule has 5 nitrogen and oxygen atoms in total. The van der Waals surface area contributed by atoms with Crippen LogP contribution in [0.5, 0.6) is 0 Å². The zero-order valence-electron chi connectivity index (χ0n) is 10.5. The second-order valence-electron chi connectivity index (χ2n) is 4.67. The van der Waals surface area contributed by atoms with Crippen LogP contribution in [0.25, 0.3) is 11.5 Å². The molecular formula is C13H15FN4O. The summed E-state index contributed by atoms with van der Waals surface area (Å²) in [6, 6.07) is 3.00. The van der Waals surface area contributed by atoms with E-state index in [4.69, 9.17) is 4.52 Å². The number of rotatable bonds is 2. The van der Waals surface area contributed by atoms with Crippen molar-refractivity contribution in [3.05, 3.63) is 30.0 Å². The molecular weight excluding hydrogens is 247 g/mol. The van der Waals surface area contributed by atoms with Gasteiger partial charge in [-0.3, -0.25) is 0 Å². The van der Waals surface area contributed by atoms with E-state index in [1.807, 2.05) is 0 Å². The summed E-state index contributed by atoms with van der Waals surface area (Å²) in [6.45, 7) is 0.969. The standard InChI is InChI=1S/C13H15FN4O/c14-9-5-6-10(16-8-9)12-17-13(19-18-12)11-4-2-1-3-7-15-11/h5-6,8,11,15H,1-4,7H2. The summed E-state index contributed by atoms with van der Waals surface area (Å²) >= 11 is 0. The van der Waals surface area contributed by atoms with Gasteiger partial charge in [-0.1, -0.05) is 18.0 Å². The first-order valence-corrected chi connectivity index (χ1v) is 6.52. The SMILES string of the molecule is Fc1ccc(-c2noc(C3CCCCCN3)n2)nc1.